The molecule has 5 atom stereocenters. The first-order valence-electron chi connectivity index (χ1n) is 8.80. The number of ketones is 1. The van der Waals surface area contributed by atoms with E-state index in [4.69, 9.17) is 9.15 Å². The van der Waals surface area contributed by atoms with Crippen LogP contribution in [0, 0.1) is 24.2 Å². The lowest BCUT2D eigenvalue weighted by molar-refractivity contribution is -0.223. The number of fused-ring (bicyclic) bond motifs is 2. The maximum absolute atomic E-state index is 13.1. The number of hydrogen-bond acceptors (Lipinski definition) is 6. The normalized spacial score (nSPS) is 37.6. The smallest absolute Gasteiger partial charge is 0.309 e. The predicted octanol–water partition coefficient (Wildman–Crippen LogP) is 2.55. The number of Topliss-reactive ketones (excluding diaryl/α,β-unsaturated/α-hetero) is 1. The summed E-state index contributed by atoms with van der Waals surface area (Å²) in [5.41, 5.74) is -2.00. The van der Waals surface area contributed by atoms with E-state index >= 15 is 0 Å². The molecule has 2 N–H and O–H groups in total. The highest BCUT2D eigenvalue weighted by atomic mass is 16.5. The molecule has 1 fully saturated rings. The summed E-state index contributed by atoms with van der Waals surface area (Å²) >= 11 is 0. The molecule has 25 heavy (non-hydrogen) atoms. The van der Waals surface area contributed by atoms with Gasteiger partial charge in [0.1, 0.15) is 6.10 Å². The molecular formula is C19H26O6. The van der Waals surface area contributed by atoms with Gasteiger partial charge in [-0.25, -0.2) is 0 Å². The van der Waals surface area contributed by atoms with E-state index in [9.17, 15) is 19.8 Å². The van der Waals surface area contributed by atoms with Crippen LogP contribution in [0.5, 0.6) is 0 Å². The number of furan rings is 1. The number of aryl methyl sites for hydroxylation is 1. The third-order valence-electron chi connectivity index (χ3n) is 6.29. The second-order valence-corrected chi connectivity index (χ2v) is 8.01. The molecule has 1 aromatic rings. The van der Waals surface area contributed by atoms with Crippen LogP contribution in [-0.4, -0.2) is 33.7 Å². The highest BCUT2D eigenvalue weighted by molar-refractivity contribution is 6.04. The van der Waals surface area contributed by atoms with Gasteiger partial charge in [-0.3, -0.25) is 9.59 Å². The summed E-state index contributed by atoms with van der Waals surface area (Å²) < 4.78 is 11.2. The lowest BCUT2D eigenvalue weighted by atomic mass is 9.50. The molecule has 1 saturated carbocycles. The highest BCUT2D eigenvalue weighted by Gasteiger charge is 2.70. The van der Waals surface area contributed by atoms with Crippen molar-refractivity contribution in [2.24, 2.45) is 17.3 Å². The van der Waals surface area contributed by atoms with Gasteiger partial charge in [-0.2, -0.15) is 0 Å². The molecular weight excluding hydrogens is 324 g/mol. The van der Waals surface area contributed by atoms with Gasteiger partial charge in [-0.15, -0.1) is 0 Å². The van der Waals surface area contributed by atoms with Gasteiger partial charge in [0.25, 0.3) is 0 Å². The molecule has 0 aliphatic heterocycles. The molecule has 2 aliphatic rings. The first kappa shape index (κ1) is 18.1. The third-order valence-corrected chi connectivity index (χ3v) is 6.29. The van der Waals surface area contributed by atoms with E-state index < -0.39 is 35.0 Å². The van der Waals surface area contributed by atoms with E-state index in [0.717, 1.165) is 0 Å². The lowest BCUT2D eigenvalue weighted by Crippen LogP contribution is -2.69. The molecule has 0 aromatic carbocycles. The molecule has 138 valence electrons. The summed E-state index contributed by atoms with van der Waals surface area (Å²) in [7, 11) is 0. The molecule has 0 radical (unpaired) electrons. The first-order valence-corrected chi connectivity index (χ1v) is 8.80. The lowest BCUT2D eigenvalue weighted by Gasteiger charge is -2.57. The number of hydrogen-bond donors (Lipinski definition) is 2. The second kappa shape index (κ2) is 5.68. The zero-order valence-electron chi connectivity index (χ0n) is 15.3. The topological polar surface area (TPSA) is 97.0 Å². The summed E-state index contributed by atoms with van der Waals surface area (Å²) in [6, 6.07) is 0. The molecule has 0 amide bonds. The maximum Gasteiger partial charge on any atom is 0.309 e. The number of aliphatic hydroxyl groups excluding tert-OH is 1. The van der Waals surface area contributed by atoms with Crippen molar-refractivity contribution in [2.75, 3.05) is 0 Å². The van der Waals surface area contributed by atoms with Crippen LogP contribution in [-0.2, 0) is 9.53 Å². The number of esters is 1. The minimum Gasteiger partial charge on any atom is -0.460 e. The van der Waals surface area contributed by atoms with E-state index in [-0.39, 0.29) is 17.6 Å². The largest absolute Gasteiger partial charge is 0.460 e. The summed E-state index contributed by atoms with van der Waals surface area (Å²) in [4.78, 5) is 25.4. The highest BCUT2D eigenvalue weighted by Crippen LogP contribution is 2.61. The quantitative estimate of drug-likeness (QED) is 0.796. The minimum atomic E-state index is -2.05. The van der Waals surface area contributed by atoms with E-state index in [1.54, 1.807) is 27.7 Å². The summed E-state index contributed by atoms with van der Waals surface area (Å²) in [6.45, 7) is 8.89. The zero-order valence-corrected chi connectivity index (χ0v) is 15.3. The Kier molecular flexibility index (Phi) is 4.12. The van der Waals surface area contributed by atoms with Crippen molar-refractivity contribution in [3.05, 3.63) is 23.2 Å². The molecule has 0 saturated heterocycles. The van der Waals surface area contributed by atoms with Crippen molar-refractivity contribution < 1.29 is 29.0 Å². The SMILES string of the molecule is Cc1coc2c1C(OC(=O)C(C)C)C1(C)C(C)CCC(O)C1(O)C2=O. The van der Waals surface area contributed by atoms with Crippen molar-refractivity contribution in [1.82, 2.24) is 0 Å². The van der Waals surface area contributed by atoms with Crippen LogP contribution in [0.4, 0.5) is 0 Å². The number of aliphatic hydroxyl groups is 2. The predicted molar refractivity (Wildman–Crippen MR) is 88.9 cm³/mol. The Morgan fingerprint density at radius 2 is 2.04 bits per heavy atom. The summed E-state index contributed by atoms with van der Waals surface area (Å²) in [5, 5.41) is 21.9. The molecule has 0 spiro atoms. The van der Waals surface area contributed by atoms with Crippen molar-refractivity contribution in [3.8, 4) is 0 Å². The van der Waals surface area contributed by atoms with Crippen LogP contribution in [0.3, 0.4) is 0 Å². The van der Waals surface area contributed by atoms with Crippen LogP contribution in [0.25, 0.3) is 0 Å². The van der Waals surface area contributed by atoms with Crippen LogP contribution in [0.1, 0.15) is 68.3 Å². The van der Waals surface area contributed by atoms with Crippen LogP contribution >= 0.6 is 0 Å². The Bertz CT molecular complexity index is 719. The van der Waals surface area contributed by atoms with Crippen molar-refractivity contribution in [2.45, 2.75) is 65.3 Å². The van der Waals surface area contributed by atoms with Gasteiger partial charge < -0.3 is 19.4 Å². The Morgan fingerprint density at radius 1 is 1.40 bits per heavy atom. The van der Waals surface area contributed by atoms with Gasteiger partial charge in [0.05, 0.1) is 23.7 Å². The van der Waals surface area contributed by atoms with Crippen LogP contribution in [0.2, 0.25) is 0 Å². The van der Waals surface area contributed by atoms with Crippen molar-refractivity contribution in [3.63, 3.8) is 0 Å². The van der Waals surface area contributed by atoms with E-state index in [1.165, 1.54) is 6.26 Å². The van der Waals surface area contributed by atoms with Gasteiger partial charge >= 0.3 is 5.97 Å². The van der Waals surface area contributed by atoms with Crippen LogP contribution < -0.4 is 0 Å². The molecule has 1 heterocycles. The summed E-state index contributed by atoms with van der Waals surface area (Å²) in [5.74, 6) is -1.56. The molecule has 0 bridgehead atoms. The van der Waals surface area contributed by atoms with Crippen LogP contribution in [0.15, 0.2) is 10.7 Å². The first-order chi connectivity index (χ1) is 11.6. The molecule has 2 aliphatic carbocycles. The molecule has 6 heteroatoms. The van der Waals surface area contributed by atoms with E-state index in [1.807, 2.05) is 6.92 Å². The fourth-order valence-corrected chi connectivity index (χ4v) is 4.37. The Hall–Kier alpha value is -1.66. The minimum absolute atomic E-state index is 0.0211. The molecule has 3 rings (SSSR count). The Morgan fingerprint density at radius 3 is 2.64 bits per heavy atom. The second-order valence-electron chi connectivity index (χ2n) is 8.01. The zero-order chi connectivity index (χ0) is 18.7. The van der Waals surface area contributed by atoms with E-state index in [0.29, 0.717) is 24.0 Å². The van der Waals surface area contributed by atoms with Crippen molar-refractivity contribution in [1.29, 1.82) is 0 Å². The fourth-order valence-electron chi connectivity index (χ4n) is 4.37. The molecule has 6 nitrogen and oxygen atoms in total. The third kappa shape index (κ3) is 2.16. The van der Waals surface area contributed by atoms with Gasteiger partial charge in [-0.1, -0.05) is 27.7 Å². The maximum atomic E-state index is 13.1. The number of carbonyl (C=O) groups is 2. The van der Waals surface area contributed by atoms with E-state index in [2.05, 4.69) is 0 Å². The van der Waals surface area contributed by atoms with Crippen molar-refractivity contribution >= 4 is 11.8 Å². The number of carbonyl (C=O) groups excluding carboxylic acids is 2. The number of ether oxygens (including phenoxy) is 1. The average Bonchev–Trinajstić information content (AvgIpc) is 2.93. The standard InChI is InChI=1S/C19H26O6/c1-9(2)17(22)25-16-13-10(3)8-24-14(13)15(21)19(23)12(20)7-6-11(4)18(16,19)5/h8-9,11-12,16,20,23H,6-7H2,1-5H3. The number of rotatable bonds is 2. The van der Waals surface area contributed by atoms with Gasteiger partial charge in [0.2, 0.25) is 5.78 Å². The fraction of sp³-hybridized carbons (Fsp3) is 0.684. The average molecular weight is 350 g/mol. The summed E-state index contributed by atoms with van der Waals surface area (Å²) in [6.07, 6.45) is 0.261. The Labute approximate surface area is 147 Å². The van der Waals surface area contributed by atoms with Gasteiger partial charge in [0, 0.05) is 5.56 Å². The molecule has 5 unspecified atom stereocenters. The monoisotopic (exact) mass is 350 g/mol. The van der Waals surface area contributed by atoms with Gasteiger partial charge in [-0.05, 0) is 31.2 Å². The van der Waals surface area contributed by atoms with Gasteiger partial charge in [0.15, 0.2) is 11.4 Å². The Balaban J connectivity index is 2.25. The molecule has 1 aromatic heterocycles.